The minimum atomic E-state index is -0.259. The number of nitrogens with zero attached hydrogens (tertiary/aromatic N) is 3. The molecule has 30 heavy (non-hydrogen) atoms. The van der Waals surface area contributed by atoms with Crippen LogP contribution in [0.1, 0.15) is 48.9 Å². The first-order valence-corrected chi connectivity index (χ1v) is 10.3. The normalized spacial score (nSPS) is 12.2. The topological polar surface area (TPSA) is 96.7 Å². The van der Waals surface area contributed by atoms with Crippen LogP contribution in [0.2, 0.25) is 0 Å². The number of benzene rings is 2. The predicted octanol–water partition coefficient (Wildman–Crippen LogP) is 3.93. The summed E-state index contributed by atoms with van der Waals surface area (Å²) < 4.78 is 5.23. The minimum absolute atomic E-state index is 0.0772. The molecule has 0 aliphatic rings. The van der Waals surface area contributed by atoms with E-state index in [4.69, 9.17) is 9.51 Å². The quantitative estimate of drug-likeness (QED) is 0.441. The first-order valence-electron chi connectivity index (χ1n) is 10.3. The molecule has 154 valence electrons. The first-order chi connectivity index (χ1) is 14.7. The maximum atomic E-state index is 12.7. The van der Waals surface area contributed by atoms with Gasteiger partial charge in [-0.3, -0.25) is 4.79 Å². The molecule has 4 rings (SSSR count). The van der Waals surface area contributed by atoms with E-state index < -0.39 is 0 Å². The molecule has 2 heterocycles. The van der Waals surface area contributed by atoms with Gasteiger partial charge in [-0.05, 0) is 30.5 Å². The Labute approximate surface area is 174 Å². The van der Waals surface area contributed by atoms with Gasteiger partial charge >= 0.3 is 0 Å². The van der Waals surface area contributed by atoms with Crippen LogP contribution >= 0.6 is 0 Å². The lowest BCUT2D eigenvalue weighted by molar-refractivity contribution is -0.121. The highest BCUT2D eigenvalue weighted by atomic mass is 16.5. The Kier molecular flexibility index (Phi) is 6.17. The van der Waals surface area contributed by atoms with E-state index >= 15 is 0 Å². The van der Waals surface area contributed by atoms with Gasteiger partial charge in [-0.15, -0.1) is 0 Å². The highest BCUT2D eigenvalue weighted by Crippen LogP contribution is 2.20. The van der Waals surface area contributed by atoms with Crippen molar-refractivity contribution in [2.45, 2.75) is 45.1 Å². The molecule has 2 N–H and O–H groups in total. The zero-order valence-corrected chi connectivity index (χ0v) is 17.0. The Morgan fingerprint density at radius 2 is 1.87 bits per heavy atom. The van der Waals surface area contributed by atoms with E-state index in [-0.39, 0.29) is 18.4 Å². The van der Waals surface area contributed by atoms with Gasteiger partial charge in [0, 0.05) is 19.3 Å². The number of rotatable bonds is 9. The van der Waals surface area contributed by atoms with Gasteiger partial charge in [0.15, 0.2) is 5.82 Å². The molecule has 2 aromatic carbocycles. The maximum Gasteiger partial charge on any atom is 0.227 e. The van der Waals surface area contributed by atoms with Gasteiger partial charge in [0.25, 0.3) is 0 Å². The predicted molar refractivity (Wildman–Crippen MR) is 114 cm³/mol. The average Bonchev–Trinajstić information content (AvgIpc) is 3.39. The number of amides is 1. The second-order valence-corrected chi connectivity index (χ2v) is 7.30. The fourth-order valence-corrected chi connectivity index (χ4v) is 3.41. The van der Waals surface area contributed by atoms with Crippen molar-refractivity contribution in [3.8, 4) is 0 Å². The Morgan fingerprint density at radius 3 is 2.67 bits per heavy atom. The minimum Gasteiger partial charge on any atom is -0.346 e. The van der Waals surface area contributed by atoms with Crippen molar-refractivity contribution < 1.29 is 9.32 Å². The average molecular weight is 403 g/mol. The summed E-state index contributed by atoms with van der Waals surface area (Å²) in [4.78, 5) is 25.1. The molecule has 7 nitrogen and oxygen atoms in total. The zero-order valence-electron chi connectivity index (χ0n) is 17.0. The lowest BCUT2D eigenvalue weighted by atomic mass is 10.1. The summed E-state index contributed by atoms with van der Waals surface area (Å²) in [7, 11) is 0. The van der Waals surface area contributed by atoms with Crippen molar-refractivity contribution >= 4 is 16.9 Å². The number of hydrogen-bond acceptors (Lipinski definition) is 5. The van der Waals surface area contributed by atoms with Crippen LogP contribution in [0.4, 0.5) is 0 Å². The van der Waals surface area contributed by atoms with E-state index in [1.165, 1.54) is 0 Å². The van der Waals surface area contributed by atoms with E-state index in [0.29, 0.717) is 24.6 Å². The summed E-state index contributed by atoms with van der Waals surface area (Å²) in [5.41, 5.74) is 2.97. The maximum absolute atomic E-state index is 12.7. The highest BCUT2D eigenvalue weighted by Gasteiger charge is 2.19. The summed E-state index contributed by atoms with van der Waals surface area (Å²) >= 11 is 0. The van der Waals surface area contributed by atoms with Crippen molar-refractivity contribution in [2.75, 3.05) is 0 Å². The van der Waals surface area contributed by atoms with Crippen molar-refractivity contribution in [1.82, 2.24) is 25.4 Å². The molecule has 0 fully saturated rings. The summed E-state index contributed by atoms with van der Waals surface area (Å²) in [5.74, 6) is 1.86. The van der Waals surface area contributed by atoms with E-state index in [1.807, 2.05) is 42.5 Å². The number of fused-ring (bicyclic) bond motifs is 1. The molecule has 1 atom stereocenters. The van der Waals surface area contributed by atoms with E-state index in [1.54, 1.807) is 0 Å². The summed E-state index contributed by atoms with van der Waals surface area (Å²) in [5, 5.41) is 7.06. The summed E-state index contributed by atoms with van der Waals surface area (Å²) in [6.07, 6.45) is 3.08. The van der Waals surface area contributed by atoms with Crippen molar-refractivity contribution in [3.05, 3.63) is 77.7 Å². The third kappa shape index (κ3) is 4.92. The molecule has 0 spiro atoms. The highest BCUT2D eigenvalue weighted by molar-refractivity contribution is 5.77. The number of carbonyl (C=O) groups excluding carboxylic acids is 1. The van der Waals surface area contributed by atoms with Crippen LogP contribution in [0, 0.1) is 0 Å². The Hall–Kier alpha value is -3.48. The molecule has 0 bridgehead atoms. The SMILES string of the molecule is CCCc1noc(CCC(=O)N[C@@H](Cc2ccccc2)c2nc3ccccc3[nH]2)n1. The smallest absolute Gasteiger partial charge is 0.227 e. The largest absolute Gasteiger partial charge is 0.346 e. The summed E-state index contributed by atoms with van der Waals surface area (Å²) in [6, 6.07) is 17.7. The van der Waals surface area contributed by atoms with Gasteiger partial charge in [-0.25, -0.2) is 4.98 Å². The molecular formula is C23H25N5O2. The number of H-pyrrole nitrogens is 1. The number of hydrogen-bond donors (Lipinski definition) is 2. The third-order valence-electron chi connectivity index (χ3n) is 4.91. The Balaban J connectivity index is 1.46. The van der Waals surface area contributed by atoms with Crippen LogP contribution in [-0.4, -0.2) is 26.0 Å². The molecule has 0 saturated heterocycles. The van der Waals surface area contributed by atoms with Gasteiger partial charge in [0.2, 0.25) is 11.8 Å². The standard InChI is InChI=1S/C23H25N5O2/c1-2-8-20-27-22(30-28-20)14-13-21(29)24-19(15-16-9-4-3-5-10-16)23-25-17-11-6-7-12-18(17)26-23/h3-7,9-12,19H,2,8,13-15H2,1H3,(H,24,29)(H,25,26)/t19-/m0/s1. The van der Waals surface area contributed by atoms with Crippen molar-refractivity contribution in [1.29, 1.82) is 0 Å². The lowest BCUT2D eigenvalue weighted by Gasteiger charge is -2.17. The van der Waals surface area contributed by atoms with E-state index in [9.17, 15) is 4.79 Å². The molecular weight excluding hydrogens is 378 g/mol. The summed E-state index contributed by atoms with van der Waals surface area (Å²) in [6.45, 7) is 2.06. The molecule has 0 unspecified atom stereocenters. The third-order valence-corrected chi connectivity index (χ3v) is 4.91. The number of aryl methyl sites for hydroxylation is 2. The van der Waals surface area contributed by atoms with Crippen LogP contribution in [0.5, 0.6) is 0 Å². The van der Waals surface area contributed by atoms with Gasteiger partial charge in [-0.2, -0.15) is 4.98 Å². The van der Waals surface area contributed by atoms with Crippen molar-refractivity contribution in [3.63, 3.8) is 0 Å². The Morgan fingerprint density at radius 1 is 1.07 bits per heavy atom. The molecule has 4 aromatic rings. The lowest BCUT2D eigenvalue weighted by Crippen LogP contribution is -2.31. The number of imidazole rings is 1. The molecule has 0 saturated carbocycles. The van der Waals surface area contributed by atoms with Crippen LogP contribution in [0.15, 0.2) is 59.1 Å². The number of carbonyl (C=O) groups is 1. The van der Waals surface area contributed by atoms with Gasteiger partial charge in [-0.1, -0.05) is 54.5 Å². The fourth-order valence-electron chi connectivity index (χ4n) is 3.41. The monoisotopic (exact) mass is 403 g/mol. The van der Waals surface area contributed by atoms with Crippen LogP contribution in [0.3, 0.4) is 0 Å². The van der Waals surface area contributed by atoms with E-state index in [2.05, 4.69) is 39.5 Å². The number of aromatic nitrogens is 4. The molecule has 0 aliphatic heterocycles. The van der Waals surface area contributed by atoms with Crippen LogP contribution in [0.25, 0.3) is 11.0 Å². The number of para-hydroxylation sites is 2. The fraction of sp³-hybridized carbons (Fsp3) is 0.304. The van der Waals surface area contributed by atoms with Gasteiger partial charge in [0.05, 0.1) is 17.1 Å². The Bertz CT molecular complexity index is 1070. The number of aromatic amines is 1. The zero-order chi connectivity index (χ0) is 20.8. The van der Waals surface area contributed by atoms with E-state index in [0.717, 1.165) is 35.3 Å². The first kappa shape index (κ1) is 19.8. The molecule has 0 radical (unpaired) electrons. The molecule has 0 aliphatic carbocycles. The van der Waals surface area contributed by atoms with Crippen LogP contribution in [-0.2, 0) is 24.1 Å². The second kappa shape index (κ2) is 9.35. The molecule has 1 amide bonds. The second-order valence-electron chi connectivity index (χ2n) is 7.30. The van der Waals surface area contributed by atoms with Gasteiger partial charge < -0.3 is 14.8 Å². The molecule has 7 heteroatoms. The van der Waals surface area contributed by atoms with Crippen LogP contribution < -0.4 is 5.32 Å². The molecule has 2 aromatic heterocycles. The number of nitrogens with one attached hydrogen (secondary N) is 2. The van der Waals surface area contributed by atoms with Crippen molar-refractivity contribution in [2.24, 2.45) is 0 Å². The van der Waals surface area contributed by atoms with Gasteiger partial charge in [0.1, 0.15) is 5.82 Å².